The fourth-order valence-corrected chi connectivity index (χ4v) is 3.75. The van der Waals surface area contributed by atoms with Crippen LogP contribution in [-0.4, -0.2) is 41.0 Å². The lowest BCUT2D eigenvalue weighted by Gasteiger charge is -2.26. The second-order valence-corrected chi connectivity index (χ2v) is 8.22. The molecule has 5 nitrogen and oxygen atoms in total. The molecule has 1 N–H and O–H groups in total. The number of hydrogen-bond acceptors (Lipinski definition) is 4. The van der Waals surface area contributed by atoms with Gasteiger partial charge in [-0.25, -0.2) is 0 Å². The van der Waals surface area contributed by atoms with E-state index in [2.05, 4.69) is 0 Å². The Bertz CT molecular complexity index is 995. The Balaban J connectivity index is 2.13. The number of carbonyl (C=O) groups excluding carboxylic acids is 2. The molecule has 0 radical (unpaired) electrons. The number of amides is 1. The Kier molecular flexibility index (Phi) is 6.64. The van der Waals surface area contributed by atoms with Crippen molar-refractivity contribution in [2.24, 2.45) is 0 Å². The first-order valence-corrected chi connectivity index (χ1v) is 10.3. The van der Waals surface area contributed by atoms with Crippen LogP contribution in [0.1, 0.15) is 42.1 Å². The number of aliphatic hydroxyl groups excluding tert-OH is 1. The molecule has 1 aliphatic rings. The van der Waals surface area contributed by atoms with Crippen LogP contribution in [0.5, 0.6) is 0 Å². The number of likely N-dealkylation sites (tertiary alicyclic amines) is 1. The summed E-state index contributed by atoms with van der Waals surface area (Å²) in [5.41, 5.74) is 3.10. The number of nitrogens with zero attached hydrogens (tertiary/aromatic N) is 1. The number of rotatable bonds is 6. The monoisotopic (exact) mass is 427 g/mol. The minimum atomic E-state index is -0.710. The average Bonchev–Trinajstić information content (AvgIpc) is 2.94. The van der Waals surface area contributed by atoms with Crippen LogP contribution in [0.4, 0.5) is 0 Å². The molecule has 1 amide bonds. The van der Waals surface area contributed by atoms with Crippen LogP contribution in [0.15, 0.2) is 48.0 Å². The van der Waals surface area contributed by atoms with E-state index in [0.717, 1.165) is 11.1 Å². The summed E-state index contributed by atoms with van der Waals surface area (Å²) < 4.78 is 5.60. The number of ether oxygens (including phenoxy) is 1. The molecular weight excluding hydrogens is 402 g/mol. The van der Waals surface area contributed by atoms with Crippen molar-refractivity contribution in [3.8, 4) is 0 Å². The zero-order chi connectivity index (χ0) is 22.0. The summed E-state index contributed by atoms with van der Waals surface area (Å²) >= 11 is 6.03. The van der Waals surface area contributed by atoms with Gasteiger partial charge in [-0.2, -0.15) is 0 Å². The lowest BCUT2D eigenvalue weighted by Crippen LogP contribution is -2.33. The van der Waals surface area contributed by atoms with Crippen molar-refractivity contribution in [1.82, 2.24) is 4.90 Å². The van der Waals surface area contributed by atoms with Gasteiger partial charge in [-0.3, -0.25) is 9.59 Å². The molecular formula is C24H26ClNO4. The number of aliphatic hydroxyl groups is 1. The summed E-state index contributed by atoms with van der Waals surface area (Å²) in [6.07, 6.45) is 0.00532. The van der Waals surface area contributed by atoms with E-state index in [-0.39, 0.29) is 30.6 Å². The molecule has 0 spiro atoms. The maximum absolute atomic E-state index is 13.0. The lowest BCUT2D eigenvalue weighted by molar-refractivity contribution is -0.140. The van der Waals surface area contributed by atoms with Crippen LogP contribution < -0.4 is 0 Å². The van der Waals surface area contributed by atoms with Gasteiger partial charge >= 0.3 is 0 Å². The summed E-state index contributed by atoms with van der Waals surface area (Å²) in [6.45, 7) is 8.11. The van der Waals surface area contributed by atoms with Gasteiger partial charge in [0.1, 0.15) is 5.76 Å². The molecule has 1 saturated heterocycles. The molecule has 1 atom stereocenters. The summed E-state index contributed by atoms with van der Waals surface area (Å²) in [7, 11) is 0. The molecule has 1 heterocycles. The van der Waals surface area contributed by atoms with E-state index in [1.54, 1.807) is 24.3 Å². The number of hydrogen-bond donors (Lipinski definition) is 1. The third-order valence-corrected chi connectivity index (χ3v) is 5.41. The number of carbonyl (C=O) groups is 2. The first-order chi connectivity index (χ1) is 14.2. The van der Waals surface area contributed by atoms with Gasteiger partial charge in [-0.05, 0) is 57.0 Å². The van der Waals surface area contributed by atoms with Crippen molar-refractivity contribution in [1.29, 1.82) is 0 Å². The minimum absolute atomic E-state index is 0.00532. The molecule has 0 aromatic heterocycles. The minimum Gasteiger partial charge on any atom is -0.507 e. The fraction of sp³-hybridized carbons (Fsp3) is 0.333. The van der Waals surface area contributed by atoms with Gasteiger partial charge in [0.2, 0.25) is 0 Å². The van der Waals surface area contributed by atoms with Gasteiger partial charge in [-0.1, -0.05) is 41.4 Å². The Morgan fingerprint density at radius 2 is 1.80 bits per heavy atom. The van der Waals surface area contributed by atoms with Crippen LogP contribution >= 0.6 is 11.6 Å². The maximum Gasteiger partial charge on any atom is 0.295 e. The highest BCUT2D eigenvalue weighted by Gasteiger charge is 2.46. The van der Waals surface area contributed by atoms with Gasteiger partial charge in [0, 0.05) is 17.1 Å². The zero-order valence-corrected chi connectivity index (χ0v) is 18.4. The van der Waals surface area contributed by atoms with Crippen molar-refractivity contribution >= 4 is 29.1 Å². The van der Waals surface area contributed by atoms with Gasteiger partial charge in [-0.15, -0.1) is 0 Å². The Morgan fingerprint density at radius 3 is 2.43 bits per heavy atom. The van der Waals surface area contributed by atoms with Crippen molar-refractivity contribution in [3.63, 3.8) is 0 Å². The van der Waals surface area contributed by atoms with Gasteiger partial charge in [0.25, 0.3) is 11.7 Å². The van der Waals surface area contributed by atoms with E-state index in [0.29, 0.717) is 16.1 Å². The topological polar surface area (TPSA) is 66.8 Å². The van der Waals surface area contributed by atoms with Gasteiger partial charge < -0.3 is 14.7 Å². The molecule has 0 bridgehead atoms. The SMILES string of the molecule is Cc1ccc(C)c(/C(O)=C2\C(=O)C(=O)N(CCOC(C)C)C2c2ccc(Cl)cc2)c1. The average molecular weight is 428 g/mol. The summed E-state index contributed by atoms with van der Waals surface area (Å²) in [4.78, 5) is 27.3. The third kappa shape index (κ3) is 4.42. The normalized spacial score (nSPS) is 18.5. The lowest BCUT2D eigenvalue weighted by atomic mass is 9.93. The number of aryl methyl sites for hydroxylation is 2. The van der Waals surface area contributed by atoms with Crippen LogP contribution in [0.3, 0.4) is 0 Å². The first-order valence-electron chi connectivity index (χ1n) is 9.93. The fourth-order valence-electron chi connectivity index (χ4n) is 3.63. The van der Waals surface area contributed by atoms with Crippen molar-refractivity contribution in [3.05, 3.63) is 75.3 Å². The number of benzene rings is 2. The Labute approximate surface area is 181 Å². The van der Waals surface area contributed by atoms with Gasteiger partial charge in [0.15, 0.2) is 0 Å². The van der Waals surface area contributed by atoms with E-state index in [1.165, 1.54) is 4.90 Å². The van der Waals surface area contributed by atoms with E-state index < -0.39 is 17.7 Å². The highest BCUT2D eigenvalue weighted by atomic mass is 35.5. The zero-order valence-electron chi connectivity index (χ0n) is 17.6. The molecule has 2 aromatic rings. The molecule has 3 rings (SSSR count). The van der Waals surface area contributed by atoms with Crippen LogP contribution in [0.25, 0.3) is 5.76 Å². The quantitative estimate of drug-likeness (QED) is 0.408. The molecule has 1 aliphatic heterocycles. The first kappa shape index (κ1) is 22.1. The summed E-state index contributed by atoms with van der Waals surface area (Å²) in [6, 6.07) is 11.9. The van der Waals surface area contributed by atoms with Crippen LogP contribution in [-0.2, 0) is 14.3 Å². The predicted octanol–water partition coefficient (Wildman–Crippen LogP) is 4.80. The predicted molar refractivity (Wildman–Crippen MR) is 117 cm³/mol. The third-order valence-electron chi connectivity index (χ3n) is 5.16. The molecule has 0 aliphatic carbocycles. The molecule has 30 heavy (non-hydrogen) atoms. The second kappa shape index (κ2) is 9.02. The van der Waals surface area contributed by atoms with E-state index in [4.69, 9.17) is 16.3 Å². The molecule has 6 heteroatoms. The van der Waals surface area contributed by atoms with Crippen LogP contribution in [0, 0.1) is 13.8 Å². The van der Waals surface area contributed by atoms with Crippen LogP contribution in [0.2, 0.25) is 5.02 Å². The molecule has 1 fully saturated rings. The standard InChI is InChI=1S/C24H26ClNO4/c1-14(2)30-12-11-26-21(17-7-9-18(25)10-8-17)20(23(28)24(26)29)22(27)19-13-15(3)5-6-16(19)4/h5-10,13-14,21,27H,11-12H2,1-4H3/b22-20+. The number of Topliss-reactive ketones (excluding diaryl/α,β-unsaturated/α-hetero) is 1. The van der Waals surface area contributed by atoms with Crippen molar-refractivity contribution in [2.45, 2.75) is 39.8 Å². The van der Waals surface area contributed by atoms with E-state index >= 15 is 0 Å². The molecule has 0 saturated carbocycles. The Hall–Kier alpha value is -2.63. The smallest absolute Gasteiger partial charge is 0.295 e. The highest BCUT2D eigenvalue weighted by molar-refractivity contribution is 6.46. The maximum atomic E-state index is 13.0. The molecule has 158 valence electrons. The number of halogens is 1. The largest absolute Gasteiger partial charge is 0.507 e. The summed E-state index contributed by atoms with van der Waals surface area (Å²) in [5, 5.41) is 11.7. The van der Waals surface area contributed by atoms with E-state index in [9.17, 15) is 14.7 Å². The molecule has 1 unspecified atom stereocenters. The highest BCUT2D eigenvalue weighted by Crippen LogP contribution is 2.40. The van der Waals surface area contributed by atoms with Crippen molar-refractivity contribution in [2.75, 3.05) is 13.2 Å². The number of ketones is 1. The van der Waals surface area contributed by atoms with E-state index in [1.807, 2.05) is 45.9 Å². The van der Waals surface area contributed by atoms with Gasteiger partial charge in [0.05, 0.1) is 24.3 Å². The molecule has 2 aromatic carbocycles. The summed E-state index contributed by atoms with van der Waals surface area (Å²) in [5.74, 6) is -1.51. The second-order valence-electron chi connectivity index (χ2n) is 7.78. The Morgan fingerprint density at radius 1 is 1.13 bits per heavy atom. The van der Waals surface area contributed by atoms with Crippen molar-refractivity contribution < 1.29 is 19.4 Å².